The third kappa shape index (κ3) is 6.96. The summed E-state index contributed by atoms with van der Waals surface area (Å²) >= 11 is 0. The summed E-state index contributed by atoms with van der Waals surface area (Å²) < 4.78 is 11.1. The molecular formula is C30H36N4O3. The minimum absolute atomic E-state index is 0.0409. The summed E-state index contributed by atoms with van der Waals surface area (Å²) in [5.41, 5.74) is 4.19. The molecule has 7 heteroatoms. The molecule has 2 aromatic carbocycles. The van der Waals surface area contributed by atoms with Crippen LogP contribution in [0.3, 0.4) is 0 Å². The van der Waals surface area contributed by atoms with Crippen molar-refractivity contribution < 1.29 is 14.3 Å². The number of ether oxygens (including phenoxy) is 2. The van der Waals surface area contributed by atoms with Gasteiger partial charge in [0.05, 0.1) is 20.3 Å². The second kappa shape index (κ2) is 13.0. The average Bonchev–Trinajstić information content (AvgIpc) is 3.35. The zero-order valence-electron chi connectivity index (χ0n) is 21.8. The lowest BCUT2D eigenvalue weighted by Crippen LogP contribution is -2.43. The fourth-order valence-corrected chi connectivity index (χ4v) is 4.85. The van der Waals surface area contributed by atoms with Crippen molar-refractivity contribution in [1.82, 2.24) is 20.5 Å². The number of rotatable bonds is 11. The van der Waals surface area contributed by atoms with Crippen LogP contribution >= 0.6 is 0 Å². The largest absolute Gasteiger partial charge is 0.496 e. The van der Waals surface area contributed by atoms with E-state index in [0.717, 1.165) is 46.7 Å². The van der Waals surface area contributed by atoms with Gasteiger partial charge in [-0.05, 0) is 36.6 Å². The van der Waals surface area contributed by atoms with Crippen molar-refractivity contribution in [2.24, 2.45) is 0 Å². The fourth-order valence-electron chi connectivity index (χ4n) is 4.85. The monoisotopic (exact) mass is 500 g/mol. The molecule has 2 heterocycles. The summed E-state index contributed by atoms with van der Waals surface area (Å²) in [6.07, 6.45) is 8.49. The molecule has 0 bridgehead atoms. The molecule has 2 N–H and O–H groups in total. The minimum Gasteiger partial charge on any atom is -0.496 e. The Morgan fingerprint density at radius 2 is 1.92 bits per heavy atom. The summed E-state index contributed by atoms with van der Waals surface area (Å²) in [5.74, 6) is 1.68. The Labute approximate surface area is 219 Å². The van der Waals surface area contributed by atoms with Gasteiger partial charge in [-0.15, -0.1) is 0 Å². The van der Waals surface area contributed by atoms with Crippen LogP contribution in [0.1, 0.15) is 28.7 Å². The first kappa shape index (κ1) is 26.4. The maximum Gasteiger partial charge on any atom is 0.237 e. The van der Waals surface area contributed by atoms with E-state index in [1.807, 2.05) is 49.4 Å². The highest BCUT2D eigenvalue weighted by molar-refractivity contribution is 5.82. The Morgan fingerprint density at radius 3 is 2.65 bits per heavy atom. The molecular weight excluding hydrogens is 464 g/mol. The van der Waals surface area contributed by atoms with Gasteiger partial charge in [-0.2, -0.15) is 0 Å². The first-order chi connectivity index (χ1) is 18.1. The number of carbonyl (C=O) groups is 1. The van der Waals surface area contributed by atoms with E-state index in [9.17, 15) is 4.79 Å². The van der Waals surface area contributed by atoms with Crippen molar-refractivity contribution in [3.05, 3.63) is 95.3 Å². The van der Waals surface area contributed by atoms with Crippen LogP contribution in [0, 0.1) is 6.92 Å². The number of hydrogen-bond acceptors (Lipinski definition) is 6. The van der Waals surface area contributed by atoms with Crippen molar-refractivity contribution in [1.29, 1.82) is 0 Å². The van der Waals surface area contributed by atoms with Crippen molar-refractivity contribution in [2.75, 3.05) is 27.3 Å². The van der Waals surface area contributed by atoms with Crippen LogP contribution in [-0.2, 0) is 17.9 Å². The van der Waals surface area contributed by atoms with Gasteiger partial charge in [0, 0.05) is 55.7 Å². The third-order valence-electron chi connectivity index (χ3n) is 6.79. The predicted octanol–water partition coefficient (Wildman–Crippen LogP) is 3.97. The van der Waals surface area contributed by atoms with E-state index in [4.69, 9.17) is 9.47 Å². The van der Waals surface area contributed by atoms with Crippen molar-refractivity contribution in [2.45, 2.75) is 38.5 Å². The topological polar surface area (TPSA) is 75.7 Å². The molecule has 0 aliphatic carbocycles. The van der Waals surface area contributed by atoms with E-state index < -0.39 is 0 Å². The van der Waals surface area contributed by atoms with Crippen molar-refractivity contribution in [3.8, 4) is 11.5 Å². The number of aromatic nitrogens is 1. The van der Waals surface area contributed by atoms with Crippen LogP contribution < -0.4 is 20.1 Å². The molecule has 2 atom stereocenters. The van der Waals surface area contributed by atoms with Gasteiger partial charge in [0.2, 0.25) is 5.91 Å². The summed E-state index contributed by atoms with van der Waals surface area (Å²) in [5, 5.41) is 6.76. The maximum absolute atomic E-state index is 13.2. The lowest BCUT2D eigenvalue weighted by atomic mass is 10.1. The lowest BCUT2D eigenvalue weighted by Gasteiger charge is -2.22. The molecule has 1 amide bonds. The van der Waals surface area contributed by atoms with E-state index in [-0.39, 0.29) is 18.0 Å². The molecule has 4 rings (SSSR count). The molecule has 1 saturated heterocycles. The zero-order valence-corrected chi connectivity index (χ0v) is 21.8. The van der Waals surface area contributed by atoms with Gasteiger partial charge < -0.3 is 20.1 Å². The Morgan fingerprint density at radius 1 is 1.08 bits per heavy atom. The van der Waals surface area contributed by atoms with Gasteiger partial charge in [-0.25, -0.2) is 0 Å². The van der Waals surface area contributed by atoms with Crippen molar-refractivity contribution in [3.63, 3.8) is 0 Å². The van der Waals surface area contributed by atoms with Gasteiger partial charge >= 0.3 is 0 Å². The van der Waals surface area contributed by atoms with E-state index >= 15 is 0 Å². The number of pyridine rings is 1. The highest BCUT2D eigenvalue weighted by Gasteiger charge is 2.36. The highest BCUT2D eigenvalue weighted by Crippen LogP contribution is 2.31. The fraction of sp³-hybridized carbons (Fsp3) is 0.333. The summed E-state index contributed by atoms with van der Waals surface area (Å²) in [7, 11) is 3.35. The molecule has 7 nitrogen and oxygen atoms in total. The van der Waals surface area contributed by atoms with Crippen LogP contribution in [-0.4, -0.2) is 55.2 Å². The number of likely N-dealkylation sites (tertiary alicyclic amines) is 1. The molecule has 0 unspecified atom stereocenters. The summed E-state index contributed by atoms with van der Waals surface area (Å²) in [6, 6.07) is 18.0. The SMILES string of the molecule is COc1ccc(CN[C@H]2C[C@@H](C(=O)NCc3cccnc3)N(CC=Cc3ccccc3)C2)c(OC)c1C. The third-order valence-corrected chi connectivity index (χ3v) is 6.79. The van der Waals surface area contributed by atoms with Gasteiger partial charge in [0.1, 0.15) is 11.5 Å². The Kier molecular flexibility index (Phi) is 9.29. The van der Waals surface area contributed by atoms with Crippen LogP contribution in [0.5, 0.6) is 11.5 Å². The van der Waals surface area contributed by atoms with Crippen LogP contribution in [0.4, 0.5) is 0 Å². The van der Waals surface area contributed by atoms with Crippen LogP contribution in [0.2, 0.25) is 0 Å². The average molecular weight is 501 g/mol. The Bertz CT molecular complexity index is 1180. The molecule has 0 saturated carbocycles. The quantitative estimate of drug-likeness (QED) is 0.415. The molecule has 3 aromatic rings. The number of carbonyl (C=O) groups excluding carboxylic acids is 1. The summed E-state index contributed by atoms with van der Waals surface area (Å²) in [6.45, 7) is 4.60. The van der Waals surface area contributed by atoms with Gasteiger partial charge in [-0.1, -0.05) is 54.6 Å². The number of methoxy groups -OCH3 is 2. The Balaban J connectivity index is 1.42. The zero-order chi connectivity index (χ0) is 26.0. The molecule has 1 aromatic heterocycles. The molecule has 1 aliphatic heterocycles. The highest BCUT2D eigenvalue weighted by atomic mass is 16.5. The van der Waals surface area contributed by atoms with Gasteiger partial charge in [-0.3, -0.25) is 14.7 Å². The van der Waals surface area contributed by atoms with E-state index in [1.165, 1.54) is 0 Å². The van der Waals surface area contributed by atoms with Crippen LogP contribution in [0.25, 0.3) is 6.08 Å². The van der Waals surface area contributed by atoms with E-state index in [1.54, 1.807) is 26.6 Å². The minimum atomic E-state index is -0.214. The molecule has 0 spiro atoms. The standard InChI is InChI=1S/C30H36N4O3/c1-22-28(36-2)14-13-25(29(22)37-3)20-32-26-17-27(30(35)33-19-24-11-7-15-31-18-24)34(21-26)16-8-12-23-9-5-4-6-10-23/h4-15,18,26-27,32H,16-17,19-21H2,1-3H3,(H,33,35)/t26-,27-/m0/s1. The second-order valence-corrected chi connectivity index (χ2v) is 9.26. The number of nitrogens with zero attached hydrogens (tertiary/aromatic N) is 2. The van der Waals surface area contributed by atoms with Crippen molar-refractivity contribution >= 4 is 12.0 Å². The number of amides is 1. The molecule has 194 valence electrons. The lowest BCUT2D eigenvalue weighted by molar-refractivity contribution is -0.125. The smallest absolute Gasteiger partial charge is 0.237 e. The predicted molar refractivity (Wildman–Crippen MR) is 146 cm³/mol. The first-order valence-corrected chi connectivity index (χ1v) is 12.6. The summed E-state index contributed by atoms with van der Waals surface area (Å²) in [4.78, 5) is 19.6. The molecule has 1 fully saturated rings. The number of nitrogens with one attached hydrogen (secondary N) is 2. The second-order valence-electron chi connectivity index (χ2n) is 9.26. The number of hydrogen-bond donors (Lipinski definition) is 2. The normalized spacial score (nSPS) is 17.7. The maximum atomic E-state index is 13.2. The molecule has 37 heavy (non-hydrogen) atoms. The van der Waals surface area contributed by atoms with E-state index in [0.29, 0.717) is 19.6 Å². The Hall–Kier alpha value is -3.68. The number of benzene rings is 2. The van der Waals surface area contributed by atoms with Crippen LogP contribution in [0.15, 0.2) is 73.1 Å². The first-order valence-electron chi connectivity index (χ1n) is 12.6. The molecule has 0 radical (unpaired) electrons. The van der Waals surface area contributed by atoms with Gasteiger partial charge in [0.15, 0.2) is 0 Å². The van der Waals surface area contributed by atoms with Gasteiger partial charge in [0.25, 0.3) is 0 Å². The van der Waals surface area contributed by atoms with E-state index in [2.05, 4.69) is 44.8 Å². The molecule has 1 aliphatic rings.